The van der Waals surface area contributed by atoms with Crippen molar-refractivity contribution >= 4 is 21.6 Å². The number of piperidine rings is 1. The van der Waals surface area contributed by atoms with Gasteiger partial charge in [0.2, 0.25) is 10.0 Å². The van der Waals surface area contributed by atoms with Crippen LogP contribution in [-0.4, -0.2) is 45.9 Å². The summed E-state index contributed by atoms with van der Waals surface area (Å²) in [5, 5.41) is 2.88. The molecule has 7 heteroatoms. The van der Waals surface area contributed by atoms with Crippen molar-refractivity contribution < 1.29 is 13.2 Å². The van der Waals surface area contributed by atoms with Gasteiger partial charge in [-0.1, -0.05) is 18.2 Å². The number of likely N-dealkylation sites (tertiary alicyclic amines) is 1. The highest BCUT2D eigenvalue weighted by Crippen LogP contribution is 2.22. The summed E-state index contributed by atoms with van der Waals surface area (Å²) in [5.74, 6) is 0.164. The van der Waals surface area contributed by atoms with Crippen LogP contribution in [0, 0.1) is 19.8 Å². The fourth-order valence-corrected chi connectivity index (χ4v) is 4.74. The Morgan fingerprint density at radius 3 is 2.41 bits per heavy atom. The molecule has 0 aromatic heterocycles. The van der Waals surface area contributed by atoms with Gasteiger partial charge in [-0.2, -0.15) is 0 Å². The Hall–Kier alpha value is -2.22. The first-order valence-electron chi connectivity index (χ1n) is 9.92. The van der Waals surface area contributed by atoms with Crippen molar-refractivity contribution in [2.45, 2.75) is 31.6 Å². The number of hydrogen-bond acceptors (Lipinski definition) is 4. The van der Waals surface area contributed by atoms with E-state index in [1.165, 1.54) is 6.07 Å². The number of carbonyl (C=O) groups excluding carboxylic acids is 1. The van der Waals surface area contributed by atoms with Gasteiger partial charge in [-0.15, -0.1) is 0 Å². The number of nitrogens with zero attached hydrogens (tertiary/aromatic N) is 1. The van der Waals surface area contributed by atoms with E-state index < -0.39 is 10.0 Å². The zero-order valence-corrected chi connectivity index (χ0v) is 18.1. The number of carbonyl (C=O) groups is 1. The predicted octanol–water partition coefficient (Wildman–Crippen LogP) is 3.18. The van der Waals surface area contributed by atoms with Crippen molar-refractivity contribution in [3.05, 3.63) is 59.2 Å². The first kappa shape index (κ1) is 21.5. The van der Waals surface area contributed by atoms with Crippen LogP contribution in [0.15, 0.2) is 47.4 Å². The van der Waals surface area contributed by atoms with Gasteiger partial charge in [0.25, 0.3) is 5.91 Å². The first-order chi connectivity index (χ1) is 13.8. The highest BCUT2D eigenvalue weighted by Gasteiger charge is 2.21. The van der Waals surface area contributed by atoms with Crippen LogP contribution < -0.4 is 10.0 Å². The van der Waals surface area contributed by atoms with E-state index in [-0.39, 0.29) is 10.8 Å². The lowest BCUT2D eigenvalue weighted by molar-refractivity contribution is 0.102. The zero-order valence-electron chi connectivity index (χ0n) is 17.2. The van der Waals surface area contributed by atoms with Crippen molar-refractivity contribution in [2.24, 2.45) is 5.92 Å². The SMILES string of the molecule is Cc1cc(S(=O)(=O)NCC2CCN(C)CC2)ccc1NC(=O)c1ccccc1C. The molecule has 0 unspecified atom stereocenters. The number of anilines is 1. The van der Waals surface area contributed by atoms with Gasteiger partial charge < -0.3 is 10.2 Å². The maximum absolute atomic E-state index is 12.7. The molecule has 1 aliphatic heterocycles. The molecule has 1 saturated heterocycles. The summed E-state index contributed by atoms with van der Waals surface area (Å²) in [5.41, 5.74) is 2.80. The highest BCUT2D eigenvalue weighted by atomic mass is 32.2. The van der Waals surface area contributed by atoms with Crippen molar-refractivity contribution in [1.29, 1.82) is 0 Å². The molecule has 0 aliphatic carbocycles. The van der Waals surface area contributed by atoms with Gasteiger partial charge in [0, 0.05) is 17.8 Å². The largest absolute Gasteiger partial charge is 0.322 e. The summed E-state index contributed by atoms with van der Waals surface area (Å²) in [7, 11) is -1.49. The summed E-state index contributed by atoms with van der Waals surface area (Å²) in [6.45, 7) is 6.14. The second-order valence-electron chi connectivity index (χ2n) is 7.84. The molecule has 0 bridgehead atoms. The molecule has 6 nitrogen and oxygen atoms in total. The summed E-state index contributed by atoms with van der Waals surface area (Å²) >= 11 is 0. The van der Waals surface area contributed by atoms with Gasteiger partial charge in [0.1, 0.15) is 0 Å². The Morgan fingerprint density at radius 2 is 1.76 bits per heavy atom. The minimum Gasteiger partial charge on any atom is -0.322 e. The standard InChI is InChI=1S/C22H29N3O3S/c1-16-6-4-5-7-20(16)22(26)24-21-9-8-19(14-17(21)2)29(27,28)23-15-18-10-12-25(3)13-11-18/h4-9,14,18,23H,10-13,15H2,1-3H3,(H,24,26). The Kier molecular flexibility index (Phi) is 6.72. The summed E-state index contributed by atoms with van der Waals surface area (Å²) in [4.78, 5) is 15.0. The summed E-state index contributed by atoms with van der Waals surface area (Å²) in [6, 6.07) is 12.1. The van der Waals surface area contributed by atoms with Gasteiger partial charge >= 0.3 is 0 Å². The smallest absolute Gasteiger partial charge is 0.255 e. The van der Waals surface area contributed by atoms with E-state index in [0.29, 0.717) is 29.3 Å². The number of sulfonamides is 1. The average Bonchev–Trinajstić information content (AvgIpc) is 2.69. The third-order valence-corrected chi connectivity index (χ3v) is 6.97. The number of hydrogen-bond donors (Lipinski definition) is 2. The van der Waals surface area contributed by atoms with E-state index in [9.17, 15) is 13.2 Å². The van der Waals surface area contributed by atoms with Crippen LogP contribution in [0.1, 0.15) is 34.3 Å². The normalized spacial score (nSPS) is 16.0. The fraction of sp³-hybridized carbons (Fsp3) is 0.409. The molecule has 2 aromatic rings. The molecule has 1 heterocycles. The van der Waals surface area contributed by atoms with Gasteiger partial charge in [-0.25, -0.2) is 13.1 Å². The van der Waals surface area contributed by atoms with Crippen molar-refractivity contribution in [3.63, 3.8) is 0 Å². The van der Waals surface area contributed by atoms with E-state index in [1.54, 1.807) is 25.1 Å². The molecule has 1 aliphatic rings. The summed E-state index contributed by atoms with van der Waals surface area (Å²) in [6.07, 6.45) is 2.00. The van der Waals surface area contributed by atoms with Crippen LogP contribution >= 0.6 is 0 Å². The molecule has 0 spiro atoms. The van der Waals surface area contributed by atoms with Gasteiger partial charge in [-0.3, -0.25) is 4.79 Å². The van der Waals surface area contributed by atoms with Crippen molar-refractivity contribution in [1.82, 2.24) is 9.62 Å². The number of aryl methyl sites for hydroxylation is 2. The predicted molar refractivity (Wildman–Crippen MR) is 116 cm³/mol. The van der Waals surface area contributed by atoms with Crippen LogP contribution in [0.4, 0.5) is 5.69 Å². The maximum Gasteiger partial charge on any atom is 0.255 e. The molecule has 2 N–H and O–H groups in total. The lowest BCUT2D eigenvalue weighted by Gasteiger charge is -2.28. The van der Waals surface area contributed by atoms with Crippen LogP contribution in [-0.2, 0) is 10.0 Å². The Morgan fingerprint density at radius 1 is 1.07 bits per heavy atom. The molecule has 29 heavy (non-hydrogen) atoms. The van der Waals surface area contributed by atoms with E-state index in [0.717, 1.165) is 31.5 Å². The number of nitrogens with one attached hydrogen (secondary N) is 2. The van der Waals surface area contributed by atoms with Crippen LogP contribution in [0.25, 0.3) is 0 Å². The molecule has 0 saturated carbocycles. The second kappa shape index (κ2) is 9.07. The second-order valence-corrected chi connectivity index (χ2v) is 9.61. The minimum atomic E-state index is -3.58. The number of rotatable bonds is 6. The molecule has 156 valence electrons. The van der Waals surface area contributed by atoms with E-state index in [1.807, 2.05) is 25.1 Å². The fourth-order valence-electron chi connectivity index (χ4n) is 3.54. The maximum atomic E-state index is 12.7. The molecule has 1 fully saturated rings. The van der Waals surface area contributed by atoms with Crippen LogP contribution in [0.5, 0.6) is 0 Å². The highest BCUT2D eigenvalue weighted by molar-refractivity contribution is 7.89. The van der Waals surface area contributed by atoms with Crippen LogP contribution in [0.3, 0.4) is 0 Å². The molecule has 0 radical (unpaired) electrons. The van der Waals surface area contributed by atoms with Gasteiger partial charge in [0.05, 0.1) is 4.90 Å². The van der Waals surface area contributed by atoms with Gasteiger partial charge in [-0.05, 0) is 88.1 Å². The lowest BCUT2D eigenvalue weighted by atomic mass is 9.98. The molecule has 2 aromatic carbocycles. The van der Waals surface area contributed by atoms with Crippen LogP contribution in [0.2, 0.25) is 0 Å². The third kappa shape index (κ3) is 5.44. The van der Waals surface area contributed by atoms with Crippen molar-refractivity contribution in [3.8, 4) is 0 Å². The molecular weight excluding hydrogens is 386 g/mol. The number of benzene rings is 2. The topological polar surface area (TPSA) is 78.5 Å². The quantitative estimate of drug-likeness (QED) is 0.760. The third-order valence-electron chi connectivity index (χ3n) is 5.55. The lowest BCUT2D eigenvalue weighted by Crippen LogP contribution is -2.36. The average molecular weight is 416 g/mol. The number of amides is 1. The van der Waals surface area contributed by atoms with Crippen molar-refractivity contribution in [2.75, 3.05) is 32.0 Å². The Labute approximate surface area is 173 Å². The molecule has 0 atom stereocenters. The molecule has 1 amide bonds. The Balaban J connectivity index is 1.66. The van der Waals surface area contributed by atoms with E-state index in [4.69, 9.17) is 0 Å². The monoisotopic (exact) mass is 415 g/mol. The van der Waals surface area contributed by atoms with Gasteiger partial charge in [0.15, 0.2) is 0 Å². The molecule has 3 rings (SSSR count). The minimum absolute atomic E-state index is 0.206. The van der Waals surface area contributed by atoms with E-state index in [2.05, 4.69) is 22.0 Å². The molecular formula is C22H29N3O3S. The zero-order chi connectivity index (χ0) is 21.0. The Bertz CT molecular complexity index is 981. The van der Waals surface area contributed by atoms with E-state index >= 15 is 0 Å². The first-order valence-corrected chi connectivity index (χ1v) is 11.4. The summed E-state index contributed by atoms with van der Waals surface area (Å²) < 4.78 is 28.1.